The molecule has 4 rings (SSSR count). The SMILES string of the molecule is O=C([O-])Cc1ccc(-n2cnc3cc(-c4ccccc4)ccc32)cc1.[Li+]. The second-order valence-corrected chi connectivity index (χ2v) is 5.90. The number of hydrogen-bond acceptors (Lipinski definition) is 3. The molecule has 26 heavy (non-hydrogen) atoms. The number of carbonyl (C=O) groups is 1. The summed E-state index contributed by atoms with van der Waals surface area (Å²) in [6, 6.07) is 23.8. The van der Waals surface area contributed by atoms with Crippen LogP contribution >= 0.6 is 0 Å². The standard InChI is InChI=1S/C21H16N2O2.Li/c24-21(25)12-15-6-9-18(10-7-15)23-14-22-19-13-17(8-11-20(19)23)16-4-2-1-3-5-16;/h1-11,13-14H,12H2,(H,24,25);/q;+1/p-1. The minimum absolute atomic E-state index is 0. The van der Waals surface area contributed by atoms with E-state index in [1.165, 1.54) is 0 Å². The summed E-state index contributed by atoms with van der Waals surface area (Å²) in [7, 11) is 0. The first kappa shape index (κ1) is 18.0. The van der Waals surface area contributed by atoms with Crippen LogP contribution in [-0.4, -0.2) is 15.5 Å². The molecule has 0 atom stereocenters. The fraction of sp³-hybridized carbons (Fsp3) is 0.0476. The Bertz CT molecular complexity index is 1040. The number of benzene rings is 3. The predicted octanol–water partition coefficient (Wildman–Crippen LogP) is -0.0111. The van der Waals surface area contributed by atoms with Crippen molar-refractivity contribution >= 4 is 17.0 Å². The first-order valence-electron chi connectivity index (χ1n) is 8.02. The zero-order valence-electron chi connectivity index (χ0n) is 14.4. The van der Waals surface area contributed by atoms with Crippen LogP contribution in [0, 0.1) is 0 Å². The van der Waals surface area contributed by atoms with Gasteiger partial charge in [0.15, 0.2) is 0 Å². The van der Waals surface area contributed by atoms with Gasteiger partial charge in [-0.2, -0.15) is 0 Å². The molecule has 1 aromatic heterocycles. The molecule has 0 spiro atoms. The van der Waals surface area contributed by atoms with Crippen molar-refractivity contribution in [2.24, 2.45) is 0 Å². The molecule has 0 saturated heterocycles. The zero-order chi connectivity index (χ0) is 17.2. The van der Waals surface area contributed by atoms with Crippen molar-refractivity contribution < 1.29 is 28.8 Å². The van der Waals surface area contributed by atoms with Gasteiger partial charge < -0.3 is 9.90 Å². The fourth-order valence-corrected chi connectivity index (χ4v) is 2.97. The van der Waals surface area contributed by atoms with Crippen LogP contribution in [-0.2, 0) is 11.2 Å². The maximum Gasteiger partial charge on any atom is 1.00 e. The Labute approximate surface area is 163 Å². The third-order valence-corrected chi connectivity index (χ3v) is 4.22. The largest absolute Gasteiger partial charge is 1.00 e. The summed E-state index contributed by atoms with van der Waals surface area (Å²) in [6.45, 7) is 0. The molecule has 0 aliphatic rings. The molecular formula is C21H15LiN2O2. The minimum atomic E-state index is -1.07. The van der Waals surface area contributed by atoms with Gasteiger partial charge in [-0.3, -0.25) is 4.57 Å². The normalized spacial score (nSPS) is 10.5. The van der Waals surface area contributed by atoms with Gasteiger partial charge in [-0.1, -0.05) is 48.5 Å². The molecule has 122 valence electrons. The molecule has 0 aliphatic carbocycles. The second-order valence-electron chi connectivity index (χ2n) is 5.90. The van der Waals surface area contributed by atoms with Gasteiger partial charge in [-0.25, -0.2) is 4.98 Å². The molecule has 0 fully saturated rings. The van der Waals surface area contributed by atoms with Gasteiger partial charge >= 0.3 is 18.9 Å². The monoisotopic (exact) mass is 334 g/mol. The summed E-state index contributed by atoms with van der Waals surface area (Å²) in [5, 5.41) is 10.7. The molecule has 0 unspecified atom stereocenters. The molecule has 0 N–H and O–H groups in total. The van der Waals surface area contributed by atoms with Crippen LogP contribution in [0.1, 0.15) is 5.56 Å². The molecule has 0 saturated carbocycles. The zero-order valence-corrected chi connectivity index (χ0v) is 14.4. The number of aromatic nitrogens is 2. The van der Waals surface area contributed by atoms with Crippen molar-refractivity contribution in [3.63, 3.8) is 0 Å². The van der Waals surface area contributed by atoms with E-state index in [0.717, 1.165) is 33.4 Å². The van der Waals surface area contributed by atoms with E-state index < -0.39 is 5.97 Å². The van der Waals surface area contributed by atoms with Crippen LogP contribution in [0.5, 0.6) is 0 Å². The third kappa shape index (κ3) is 3.57. The van der Waals surface area contributed by atoms with Crippen molar-refractivity contribution in [3.8, 4) is 16.8 Å². The number of nitrogens with zero attached hydrogens (tertiary/aromatic N) is 2. The van der Waals surface area contributed by atoms with E-state index in [-0.39, 0.29) is 25.3 Å². The van der Waals surface area contributed by atoms with E-state index in [1.54, 1.807) is 18.5 Å². The van der Waals surface area contributed by atoms with E-state index in [1.807, 2.05) is 34.9 Å². The maximum atomic E-state index is 10.7. The number of carboxylic acids is 1. The van der Waals surface area contributed by atoms with E-state index >= 15 is 0 Å². The van der Waals surface area contributed by atoms with Crippen molar-refractivity contribution in [2.45, 2.75) is 6.42 Å². The van der Waals surface area contributed by atoms with Crippen LogP contribution in [0.15, 0.2) is 79.1 Å². The maximum absolute atomic E-state index is 10.7. The van der Waals surface area contributed by atoms with Gasteiger partial charge in [-0.05, 0) is 41.0 Å². The van der Waals surface area contributed by atoms with Crippen molar-refractivity contribution in [3.05, 3.63) is 84.7 Å². The topological polar surface area (TPSA) is 57.9 Å². The van der Waals surface area contributed by atoms with Crippen LogP contribution in [0.3, 0.4) is 0 Å². The van der Waals surface area contributed by atoms with Gasteiger partial charge in [0.25, 0.3) is 0 Å². The van der Waals surface area contributed by atoms with Gasteiger partial charge in [0, 0.05) is 18.1 Å². The van der Waals surface area contributed by atoms with Crippen LogP contribution in [0.4, 0.5) is 0 Å². The minimum Gasteiger partial charge on any atom is -0.550 e. The van der Waals surface area contributed by atoms with Gasteiger partial charge in [0.05, 0.1) is 11.0 Å². The third-order valence-electron chi connectivity index (χ3n) is 4.22. The smallest absolute Gasteiger partial charge is 0.550 e. The average molecular weight is 334 g/mol. The van der Waals surface area contributed by atoms with E-state index in [4.69, 9.17) is 0 Å². The molecule has 4 nitrogen and oxygen atoms in total. The Morgan fingerprint density at radius 2 is 1.65 bits per heavy atom. The molecule has 5 heteroatoms. The number of hydrogen-bond donors (Lipinski definition) is 0. The predicted molar refractivity (Wildman–Crippen MR) is 95.2 cm³/mol. The summed E-state index contributed by atoms with van der Waals surface area (Å²) in [4.78, 5) is 15.2. The first-order valence-corrected chi connectivity index (χ1v) is 8.02. The van der Waals surface area contributed by atoms with Crippen molar-refractivity contribution in [1.29, 1.82) is 0 Å². The number of fused-ring (bicyclic) bond motifs is 1. The van der Waals surface area contributed by atoms with E-state index in [2.05, 4.69) is 35.3 Å². The van der Waals surface area contributed by atoms with Crippen molar-refractivity contribution in [2.75, 3.05) is 0 Å². The molecule has 1 heterocycles. The van der Waals surface area contributed by atoms with E-state index in [9.17, 15) is 9.90 Å². The molecule has 0 radical (unpaired) electrons. The Balaban J connectivity index is 0.00000196. The number of aliphatic carboxylic acids is 1. The number of rotatable bonds is 4. The molecule has 0 aliphatic heterocycles. The summed E-state index contributed by atoms with van der Waals surface area (Å²) >= 11 is 0. The second kappa shape index (κ2) is 7.61. The van der Waals surface area contributed by atoms with Crippen LogP contribution in [0.25, 0.3) is 27.8 Å². The first-order chi connectivity index (χ1) is 12.2. The summed E-state index contributed by atoms with van der Waals surface area (Å²) < 4.78 is 1.99. The number of carboxylic acid groups (broad SMARTS) is 1. The number of imidazole rings is 1. The quantitative estimate of drug-likeness (QED) is 0.493. The Morgan fingerprint density at radius 3 is 2.35 bits per heavy atom. The summed E-state index contributed by atoms with van der Waals surface area (Å²) in [5.41, 5.74) is 5.87. The molecule has 3 aromatic carbocycles. The summed E-state index contributed by atoms with van der Waals surface area (Å²) in [6.07, 6.45) is 1.71. The summed E-state index contributed by atoms with van der Waals surface area (Å²) in [5.74, 6) is -1.07. The average Bonchev–Trinajstić information content (AvgIpc) is 3.06. The van der Waals surface area contributed by atoms with E-state index in [0.29, 0.717) is 0 Å². The molecule has 0 bridgehead atoms. The Hall–Kier alpha value is -2.80. The van der Waals surface area contributed by atoms with Crippen LogP contribution in [0.2, 0.25) is 0 Å². The fourth-order valence-electron chi connectivity index (χ4n) is 2.97. The number of carbonyl (C=O) groups excluding carboxylic acids is 1. The Morgan fingerprint density at radius 1 is 0.923 bits per heavy atom. The van der Waals surface area contributed by atoms with Gasteiger partial charge in [-0.15, -0.1) is 0 Å². The molecular weight excluding hydrogens is 319 g/mol. The van der Waals surface area contributed by atoms with Gasteiger partial charge in [0.1, 0.15) is 6.33 Å². The molecule has 0 amide bonds. The van der Waals surface area contributed by atoms with Gasteiger partial charge in [0.2, 0.25) is 0 Å². The Kier molecular flexibility index (Phi) is 5.27. The van der Waals surface area contributed by atoms with Crippen LogP contribution < -0.4 is 24.0 Å². The van der Waals surface area contributed by atoms with Crippen molar-refractivity contribution in [1.82, 2.24) is 9.55 Å². The molecule has 4 aromatic rings.